The van der Waals surface area contributed by atoms with Gasteiger partial charge in [0.25, 0.3) is 0 Å². The van der Waals surface area contributed by atoms with E-state index < -0.39 is 0 Å². The summed E-state index contributed by atoms with van der Waals surface area (Å²) in [7, 11) is 0. The van der Waals surface area contributed by atoms with Crippen molar-refractivity contribution >= 4 is 53.9 Å². The van der Waals surface area contributed by atoms with Crippen LogP contribution in [0, 0.1) is 0 Å². The molecule has 0 N–H and O–H groups in total. The second-order valence-electron chi connectivity index (χ2n) is 10.1. The van der Waals surface area contributed by atoms with Crippen molar-refractivity contribution in [2.75, 3.05) is 0 Å². The van der Waals surface area contributed by atoms with Gasteiger partial charge in [0.15, 0.2) is 0 Å². The highest BCUT2D eigenvalue weighted by molar-refractivity contribution is 6.30. The lowest BCUT2D eigenvalue weighted by molar-refractivity contribution is 1.69. The lowest BCUT2D eigenvalue weighted by Crippen LogP contribution is -1.93. The molecule has 8 aromatic rings. The summed E-state index contributed by atoms with van der Waals surface area (Å²) in [6, 6.07) is 53.3. The van der Waals surface area contributed by atoms with E-state index in [2.05, 4.69) is 146 Å². The van der Waals surface area contributed by atoms with Gasteiger partial charge in [0, 0.05) is 0 Å². The lowest BCUT2D eigenvalue weighted by Gasteiger charge is -2.21. The van der Waals surface area contributed by atoms with E-state index in [1.165, 1.54) is 76.1 Å². The van der Waals surface area contributed by atoms with Crippen molar-refractivity contribution in [3.8, 4) is 22.3 Å². The number of hydrogen-bond donors (Lipinski definition) is 0. The molecule has 0 fully saturated rings. The third-order valence-electron chi connectivity index (χ3n) is 8.03. The van der Waals surface area contributed by atoms with Gasteiger partial charge in [0.2, 0.25) is 0 Å². The van der Waals surface area contributed by atoms with E-state index in [4.69, 9.17) is 0 Å². The van der Waals surface area contributed by atoms with E-state index in [0.29, 0.717) is 0 Å². The molecule has 0 bridgehead atoms. The van der Waals surface area contributed by atoms with E-state index in [1.807, 2.05) is 0 Å². The van der Waals surface area contributed by atoms with Crippen molar-refractivity contribution in [3.63, 3.8) is 0 Å². The van der Waals surface area contributed by atoms with Gasteiger partial charge < -0.3 is 0 Å². The summed E-state index contributed by atoms with van der Waals surface area (Å²) in [5.74, 6) is 0. The molecule has 176 valence electrons. The first-order valence-corrected chi connectivity index (χ1v) is 13.2. The Balaban J connectivity index is 1.67. The smallest absolute Gasteiger partial charge is 0.00139 e. The molecule has 0 aliphatic heterocycles. The van der Waals surface area contributed by atoms with Crippen LogP contribution in [0.15, 0.2) is 146 Å². The molecule has 0 aliphatic carbocycles. The quantitative estimate of drug-likeness (QED) is 0.170. The van der Waals surface area contributed by atoms with Crippen LogP contribution in [0.2, 0.25) is 0 Å². The summed E-state index contributed by atoms with van der Waals surface area (Å²) in [6.45, 7) is 0. The van der Waals surface area contributed by atoms with E-state index in [9.17, 15) is 0 Å². The van der Waals surface area contributed by atoms with Gasteiger partial charge >= 0.3 is 0 Å². The largest absolute Gasteiger partial charge is 0.0616 e. The Kier molecular flexibility index (Phi) is 4.62. The van der Waals surface area contributed by atoms with Gasteiger partial charge in [-0.25, -0.2) is 0 Å². The molecule has 0 heterocycles. The highest BCUT2D eigenvalue weighted by atomic mass is 14.2. The average Bonchev–Trinajstić information content (AvgIpc) is 2.99. The summed E-state index contributed by atoms with van der Waals surface area (Å²) < 4.78 is 0. The fourth-order valence-corrected chi connectivity index (χ4v) is 6.40. The van der Waals surface area contributed by atoms with Crippen molar-refractivity contribution in [2.45, 2.75) is 0 Å². The van der Waals surface area contributed by atoms with Crippen LogP contribution < -0.4 is 0 Å². The Morgan fingerprint density at radius 3 is 1.26 bits per heavy atom. The monoisotopic (exact) mass is 480 g/mol. The zero-order valence-electron chi connectivity index (χ0n) is 20.9. The van der Waals surface area contributed by atoms with Crippen molar-refractivity contribution in [2.24, 2.45) is 0 Å². The molecule has 0 heteroatoms. The Hall–Kier alpha value is -4.94. The first-order chi connectivity index (χ1) is 18.9. The number of benzene rings is 8. The molecule has 0 atom stereocenters. The van der Waals surface area contributed by atoms with Crippen LogP contribution in [0.5, 0.6) is 0 Å². The molecule has 0 radical (unpaired) electrons. The van der Waals surface area contributed by atoms with Gasteiger partial charge in [0.1, 0.15) is 0 Å². The van der Waals surface area contributed by atoms with Crippen LogP contribution in [0.25, 0.3) is 76.1 Å². The molecule has 8 rings (SSSR count). The van der Waals surface area contributed by atoms with Crippen LogP contribution >= 0.6 is 0 Å². The zero-order chi connectivity index (χ0) is 25.1. The molecule has 0 saturated carbocycles. The minimum atomic E-state index is 1.26. The fourth-order valence-electron chi connectivity index (χ4n) is 6.40. The topological polar surface area (TPSA) is 0 Å². The van der Waals surface area contributed by atoms with Crippen molar-refractivity contribution in [3.05, 3.63) is 146 Å². The van der Waals surface area contributed by atoms with Gasteiger partial charge in [-0.15, -0.1) is 0 Å². The molecule has 0 unspecified atom stereocenters. The van der Waals surface area contributed by atoms with Crippen molar-refractivity contribution in [1.29, 1.82) is 0 Å². The maximum absolute atomic E-state index is 2.34. The second kappa shape index (κ2) is 8.30. The number of rotatable bonds is 2. The van der Waals surface area contributed by atoms with Crippen LogP contribution in [0.1, 0.15) is 0 Å². The minimum Gasteiger partial charge on any atom is -0.0616 e. The zero-order valence-corrected chi connectivity index (χ0v) is 20.9. The van der Waals surface area contributed by atoms with Crippen LogP contribution in [-0.4, -0.2) is 0 Å². The fraction of sp³-hybridized carbons (Fsp3) is 0. The SMILES string of the molecule is c1ccc2c(-c3c4ccccc4c(-c4cccc5ccccc45)c4c3ccc3ccccc34)cccc2c1. The maximum atomic E-state index is 2.34. The van der Waals surface area contributed by atoms with Gasteiger partial charge in [0.05, 0.1) is 0 Å². The average molecular weight is 481 g/mol. The normalized spacial score (nSPS) is 11.7. The first kappa shape index (κ1) is 21.2. The van der Waals surface area contributed by atoms with Crippen LogP contribution in [-0.2, 0) is 0 Å². The van der Waals surface area contributed by atoms with Crippen molar-refractivity contribution in [1.82, 2.24) is 0 Å². The van der Waals surface area contributed by atoms with Gasteiger partial charge in [-0.1, -0.05) is 146 Å². The predicted molar refractivity (Wildman–Crippen MR) is 165 cm³/mol. The van der Waals surface area contributed by atoms with E-state index >= 15 is 0 Å². The van der Waals surface area contributed by atoms with E-state index in [0.717, 1.165) is 0 Å². The molecule has 0 amide bonds. The number of hydrogen-bond acceptors (Lipinski definition) is 0. The van der Waals surface area contributed by atoms with Gasteiger partial charge in [-0.2, -0.15) is 0 Å². The van der Waals surface area contributed by atoms with Gasteiger partial charge in [-0.05, 0) is 76.1 Å². The van der Waals surface area contributed by atoms with Gasteiger partial charge in [-0.3, -0.25) is 0 Å². The summed E-state index contributed by atoms with van der Waals surface area (Å²) >= 11 is 0. The molecule has 0 spiro atoms. The Morgan fingerprint density at radius 2 is 0.658 bits per heavy atom. The maximum Gasteiger partial charge on any atom is -0.00139 e. The third kappa shape index (κ3) is 3.04. The minimum absolute atomic E-state index is 1.26. The molecular formula is C38H24. The first-order valence-electron chi connectivity index (χ1n) is 13.2. The highest BCUT2D eigenvalue weighted by Crippen LogP contribution is 2.48. The molecule has 38 heavy (non-hydrogen) atoms. The van der Waals surface area contributed by atoms with Crippen molar-refractivity contribution < 1.29 is 0 Å². The van der Waals surface area contributed by atoms with E-state index in [1.54, 1.807) is 0 Å². The molecule has 0 saturated heterocycles. The summed E-state index contributed by atoms with van der Waals surface area (Å²) in [5, 5.41) is 12.8. The summed E-state index contributed by atoms with van der Waals surface area (Å²) in [6.07, 6.45) is 0. The Morgan fingerprint density at radius 1 is 0.237 bits per heavy atom. The molecule has 8 aromatic carbocycles. The lowest BCUT2D eigenvalue weighted by atomic mass is 9.82. The van der Waals surface area contributed by atoms with E-state index in [-0.39, 0.29) is 0 Å². The molecular weight excluding hydrogens is 456 g/mol. The third-order valence-corrected chi connectivity index (χ3v) is 8.03. The van der Waals surface area contributed by atoms with Crippen LogP contribution in [0.3, 0.4) is 0 Å². The highest BCUT2D eigenvalue weighted by Gasteiger charge is 2.20. The summed E-state index contributed by atoms with van der Waals surface area (Å²) in [4.78, 5) is 0. The Labute approximate surface area is 221 Å². The summed E-state index contributed by atoms with van der Waals surface area (Å²) in [5.41, 5.74) is 5.18. The standard InChI is InChI=1S/C38H24/c1-4-16-28-25(11-1)14-9-21-31(28)36-33-19-7-8-20-34(33)38(32-22-10-15-26-12-2-5-17-29(26)32)37-30-18-6-3-13-27(30)23-24-35(36)37/h1-24H. The van der Waals surface area contributed by atoms with Crippen LogP contribution in [0.4, 0.5) is 0 Å². The predicted octanol–water partition coefficient (Wildman–Crippen LogP) is 10.8. The second-order valence-corrected chi connectivity index (χ2v) is 10.1. The number of fused-ring (bicyclic) bond motifs is 6. The molecule has 0 aliphatic rings. The molecule has 0 aromatic heterocycles. The Bertz CT molecular complexity index is 2170. The molecule has 0 nitrogen and oxygen atoms in total.